The molecule has 0 amide bonds. The number of anilines is 1. The molecule has 0 aromatic heterocycles. The van der Waals surface area contributed by atoms with E-state index in [1.807, 2.05) is 12.1 Å². The standard InChI is InChI=1S/C17H20N2O/c1-12-3-4-13-11-19(17(10-18)16(13)9-12)14-5-7-15(20-2)8-6-14/h3-9,17H,10-11,18H2,1-2H3. The number of methoxy groups -OCH3 is 1. The minimum atomic E-state index is 0.262. The van der Waals surface area contributed by atoms with Gasteiger partial charge in [-0.05, 0) is 42.3 Å². The molecular formula is C17H20N2O. The lowest BCUT2D eigenvalue weighted by atomic mass is 10.0. The van der Waals surface area contributed by atoms with Crippen molar-refractivity contribution >= 4 is 5.69 Å². The minimum Gasteiger partial charge on any atom is -0.497 e. The summed E-state index contributed by atoms with van der Waals surface area (Å²) in [6.45, 7) is 3.68. The van der Waals surface area contributed by atoms with Crippen molar-refractivity contribution in [2.24, 2.45) is 5.73 Å². The summed E-state index contributed by atoms with van der Waals surface area (Å²) in [5.41, 5.74) is 11.2. The molecule has 3 rings (SSSR count). The van der Waals surface area contributed by atoms with E-state index in [1.54, 1.807) is 7.11 Å². The molecule has 0 fully saturated rings. The van der Waals surface area contributed by atoms with E-state index in [4.69, 9.17) is 10.5 Å². The van der Waals surface area contributed by atoms with Crippen molar-refractivity contribution in [2.45, 2.75) is 19.5 Å². The lowest BCUT2D eigenvalue weighted by Gasteiger charge is -2.26. The van der Waals surface area contributed by atoms with E-state index in [1.165, 1.54) is 22.4 Å². The smallest absolute Gasteiger partial charge is 0.119 e. The number of ether oxygens (including phenoxy) is 1. The van der Waals surface area contributed by atoms with Crippen LogP contribution in [0.3, 0.4) is 0 Å². The predicted octanol–water partition coefficient (Wildman–Crippen LogP) is 3.02. The molecule has 1 aliphatic rings. The Bertz CT molecular complexity index is 607. The van der Waals surface area contributed by atoms with Crippen LogP contribution in [0.4, 0.5) is 5.69 Å². The zero-order valence-corrected chi connectivity index (χ0v) is 12.0. The quantitative estimate of drug-likeness (QED) is 0.930. The number of fused-ring (bicyclic) bond motifs is 1. The van der Waals surface area contributed by atoms with Crippen LogP contribution in [0, 0.1) is 6.92 Å². The van der Waals surface area contributed by atoms with Gasteiger partial charge >= 0.3 is 0 Å². The molecule has 1 aliphatic heterocycles. The van der Waals surface area contributed by atoms with Gasteiger partial charge in [0.05, 0.1) is 13.2 Å². The first-order chi connectivity index (χ1) is 9.72. The van der Waals surface area contributed by atoms with Gasteiger partial charge in [0.25, 0.3) is 0 Å². The minimum absolute atomic E-state index is 0.262. The Balaban J connectivity index is 1.95. The predicted molar refractivity (Wildman–Crippen MR) is 82.2 cm³/mol. The van der Waals surface area contributed by atoms with Crippen molar-refractivity contribution in [2.75, 3.05) is 18.6 Å². The molecule has 0 spiro atoms. The van der Waals surface area contributed by atoms with Crippen LogP contribution in [-0.2, 0) is 6.54 Å². The van der Waals surface area contributed by atoms with Crippen LogP contribution < -0.4 is 15.4 Å². The fourth-order valence-corrected chi connectivity index (χ4v) is 2.93. The van der Waals surface area contributed by atoms with Gasteiger partial charge < -0.3 is 15.4 Å². The molecule has 3 heteroatoms. The molecule has 104 valence electrons. The summed E-state index contributed by atoms with van der Waals surface area (Å²) in [7, 11) is 1.69. The molecule has 3 nitrogen and oxygen atoms in total. The van der Waals surface area contributed by atoms with Crippen molar-refractivity contribution in [3.63, 3.8) is 0 Å². The molecule has 1 unspecified atom stereocenters. The molecule has 2 aromatic rings. The van der Waals surface area contributed by atoms with Crippen LogP contribution in [0.15, 0.2) is 42.5 Å². The summed E-state index contributed by atoms with van der Waals surface area (Å²) in [6.07, 6.45) is 0. The van der Waals surface area contributed by atoms with E-state index in [9.17, 15) is 0 Å². The van der Waals surface area contributed by atoms with E-state index in [2.05, 4.69) is 42.2 Å². The van der Waals surface area contributed by atoms with Gasteiger partial charge in [-0.15, -0.1) is 0 Å². The van der Waals surface area contributed by atoms with Gasteiger partial charge in [0.15, 0.2) is 0 Å². The summed E-state index contributed by atoms with van der Waals surface area (Å²) in [6, 6.07) is 15.1. The van der Waals surface area contributed by atoms with E-state index in [0.717, 1.165) is 12.3 Å². The number of rotatable bonds is 3. The van der Waals surface area contributed by atoms with Crippen LogP contribution in [0.1, 0.15) is 22.7 Å². The second-order valence-corrected chi connectivity index (χ2v) is 5.28. The van der Waals surface area contributed by atoms with Crippen molar-refractivity contribution in [1.29, 1.82) is 0 Å². The van der Waals surface area contributed by atoms with E-state index >= 15 is 0 Å². The van der Waals surface area contributed by atoms with Crippen LogP contribution >= 0.6 is 0 Å². The second-order valence-electron chi connectivity index (χ2n) is 5.28. The van der Waals surface area contributed by atoms with Gasteiger partial charge in [0.1, 0.15) is 5.75 Å². The van der Waals surface area contributed by atoms with E-state index in [-0.39, 0.29) is 6.04 Å². The Morgan fingerprint density at radius 3 is 2.60 bits per heavy atom. The Morgan fingerprint density at radius 2 is 1.95 bits per heavy atom. The second kappa shape index (κ2) is 5.17. The Labute approximate surface area is 120 Å². The van der Waals surface area contributed by atoms with Gasteiger partial charge in [-0.2, -0.15) is 0 Å². The highest BCUT2D eigenvalue weighted by Gasteiger charge is 2.29. The Kier molecular flexibility index (Phi) is 3.36. The zero-order chi connectivity index (χ0) is 14.1. The number of hydrogen-bond acceptors (Lipinski definition) is 3. The maximum absolute atomic E-state index is 6.02. The molecule has 1 atom stereocenters. The van der Waals surface area contributed by atoms with Gasteiger partial charge in [-0.3, -0.25) is 0 Å². The third-order valence-electron chi connectivity index (χ3n) is 4.00. The third kappa shape index (κ3) is 2.14. The zero-order valence-electron chi connectivity index (χ0n) is 12.0. The highest BCUT2D eigenvalue weighted by Crippen LogP contribution is 2.37. The van der Waals surface area contributed by atoms with E-state index < -0.39 is 0 Å². The fourth-order valence-electron chi connectivity index (χ4n) is 2.93. The molecule has 2 aromatic carbocycles. The number of nitrogens with zero attached hydrogens (tertiary/aromatic N) is 1. The van der Waals surface area contributed by atoms with Gasteiger partial charge in [0.2, 0.25) is 0 Å². The summed E-state index contributed by atoms with van der Waals surface area (Å²) < 4.78 is 5.22. The molecule has 0 saturated carbocycles. The Hall–Kier alpha value is -2.00. The van der Waals surface area contributed by atoms with Gasteiger partial charge in [0, 0.05) is 18.8 Å². The third-order valence-corrected chi connectivity index (χ3v) is 4.00. The molecule has 0 bridgehead atoms. The molecule has 0 saturated heterocycles. The van der Waals surface area contributed by atoms with Crippen molar-refractivity contribution in [3.8, 4) is 5.75 Å². The lowest BCUT2D eigenvalue weighted by Crippen LogP contribution is -2.27. The van der Waals surface area contributed by atoms with Gasteiger partial charge in [-0.25, -0.2) is 0 Å². The van der Waals surface area contributed by atoms with E-state index in [0.29, 0.717) is 6.54 Å². The van der Waals surface area contributed by atoms with Crippen molar-refractivity contribution in [3.05, 3.63) is 59.2 Å². The SMILES string of the molecule is COc1ccc(N2Cc3ccc(C)cc3C2CN)cc1. The Morgan fingerprint density at radius 1 is 1.20 bits per heavy atom. The molecule has 0 aliphatic carbocycles. The summed E-state index contributed by atoms with van der Waals surface area (Å²) in [4.78, 5) is 2.36. The van der Waals surface area contributed by atoms with Crippen LogP contribution in [-0.4, -0.2) is 13.7 Å². The fraction of sp³-hybridized carbons (Fsp3) is 0.294. The van der Waals surface area contributed by atoms with Crippen LogP contribution in [0.25, 0.3) is 0 Å². The highest BCUT2D eigenvalue weighted by atomic mass is 16.5. The lowest BCUT2D eigenvalue weighted by molar-refractivity contribution is 0.415. The topological polar surface area (TPSA) is 38.5 Å². The first kappa shape index (κ1) is 13.0. The number of nitrogens with two attached hydrogens (primary N) is 1. The first-order valence-corrected chi connectivity index (χ1v) is 6.93. The number of hydrogen-bond donors (Lipinski definition) is 1. The monoisotopic (exact) mass is 268 g/mol. The molecule has 1 heterocycles. The summed E-state index contributed by atoms with van der Waals surface area (Å²) in [5, 5.41) is 0. The van der Waals surface area contributed by atoms with Crippen LogP contribution in [0.2, 0.25) is 0 Å². The summed E-state index contributed by atoms with van der Waals surface area (Å²) in [5.74, 6) is 0.880. The van der Waals surface area contributed by atoms with Gasteiger partial charge in [-0.1, -0.05) is 23.8 Å². The molecule has 0 radical (unpaired) electrons. The van der Waals surface area contributed by atoms with Crippen molar-refractivity contribution < 1.29 is 4.74 Å². The average molecular weight is 268 g/mol. The largest absolute Gasteiger partial charge is 0.497 e. The van der Waals surface area contributed by atoms with Crippen LogP contribution in [0.5, 0.6) is 5.75 Å². The van der Waals surface area contributed by atoms with Crippen molar-refractivity contribution in [1.82, 2.24) is 0 Å². The maximum atomic E-state index is 6.02. The summed E-state index contributed by atoms with van der Waals surface area (Å²) >= 11 is 0. The number of aryl methyl sites for hydroxylation is 1. The first-order valence-electron chi connectivity index (χ1n) is 6.93. The highest BCUT2D eigenvalue weighted by molar-refractivity contribution is 5.56. The molecule has 2 N–H and O–H groups in total. The normalized spacial score (nSPS) is 17.1. The maximum Gasteiger partial charge on any atom is 0.119 e. The number of benzene rings is 2. The average Bonchev–Trinajstić information content (AvgIpc) is 2.85. The molecular weight excluding hydrogens is 248 g/mol. The molecule has 20 heavy (non-hydrogen) atoms.